The third kappa shape index (κ3) is 4.74. The Morgan fingerprint density at radius 1 is 1.50 bits per heavy atom. The maximum Gasteiger partial charge on any atom is 1.00 e. The normalized spacial score (nSPS) is 11.8. The van der Waals surface area contributed by atoms with Gasteiger partial charge in [0.15, 0.2) is 0 Å². The molecule has 12 heavy (non-hydrogen) atoms. The summed E-state index contributed by atoms with van der Waals surface area (Å²) in [5.74, 6) is 0.0828. The summed E-state index contributed by atoms with van der Waals surface area (Å²) < 4.78 is 21.4. The molecule has 1 unspecified atom stereocenters. The van der Waals surface area contributed by atoms with E-state index < -0.39 is 11.1 Å². The molecule has 0 spiro atoms. The quantitative estimate of drug-likeness (QED) is 0.495. The largest absolute Gasteiger partial charge is 1.00 e. The summed E-state index contributed by atoms with van der Waals surface area (Å²) in [5.41, 5.74) is 0.799. The summed E-state index contributed by atoms with van der Waals surface area (Å²) in [4.78, 5) is 0. The van der Waals surface area contributed by atoms with E-state index >= 15 is 0 Å². The van der Waals surface area contributed by atoms with E-state index in [1.807, 2.05) is 12.1 Å². The van der Waals surface area contributed by atoms with Gasteiger partial charge in [-0.25, -0.2) is 0 Å². The Morgan fingerprint density at radius 3 is 2.67 bits per heavy atom. The summed E-state index contributed by atoms with van der Waals surface area (Å²) in [7, 11) is 0. The van der Waals surface area contributed by atoms with Crippen molar-refractivity contribution in [3.63, 3.8) is 0 Å². The smallest absolute Gasteiger partial charge is 0.772 e. The molecule has 0 bridgehead atoms. The molecule has 0 aliphatic rings. The molecule has 0 heterocycles. The van der Waals surface area contributed by atoms with Crippen LogP contribution in [0, 0.1) is 0 Å². The second kappa shape index (κ2) is 6.29. The van der Waals surface area contributed by atoms with Crippen LogP contribution in [0.4, 0.5) is 0 Å². The van der Waals surface area contributed by atoms with E-state index in [1.165, 1.54) is 0 Å². The third-order valence-corrected chi connectivity index (χ3v) is 2.24. The van der Waals surface area contributed by atoms with Gasteiger partial charge >= 0.3 is 29.6 Å². The summed E-state index contributed by atoms with van der Waals surface area (Å²) in [6, 6.07) is 7.24. The molecule has 0 aliphatic heterocycles. The molecule has 2 nitrogen and oxygen atoms in total. The van der Waals surface area contributed by atoms with Crippen molar-refractivity contribution in [1.29, 1.82) is 0 Å². The van der Waals surface area contributed by atoms with Crippen molar-refractivity contribution in [1.82, 2.24) is 0 Å². The molecule has 0 saturated carbocycles. The molecular weight excluding hydrogens is 251 g/mol. The van der Waals surface area contributed by atoms with Gasteiger partial charge in [-0.2, -0.15) is 0 Å². The standard InChI is InChI=1S/C7H7BrO2S.Na/c8-7-3-1-2-6(4-7)5-11(9)10;/h1-4H,5H2,(H,9,10);/q;+1/p-1. The zero-order valence-electron chi connectivity index (χ0n) is 6.62. The van der Waals surface area contributed by atoms with Gasteiger partial charge in [-0.05, 0) is 17.7 Å². The number of benzene rings is 1. The van der Waals surface area contributed by atoms with E-state index in [2.05, 4.69) is 15.9 Å². The second-order valence-corrected chi connectivity index (χ2v) is 3.89. The fourth-order valence-electron chi connectivity index (χ4n) is 0.763. The zero-order valence-corrected chi connectivity index (χ0v) is 11.0. The fraction of sp³-hybridized carbons (Fsp3) is 0.143. The van der Waals surface area contributed by atoms with Gasteiger partial charge in [-0.1, -0.05) is 39.1 Å². The van der Waals surface area contributed by atoms with Gasteiger partial charge in [0.2, 0.25) is 0 Å². The zero-order chi connectivity index (χ0) is 8.27. The average molecular weight is 257 g/mol. The Balaban J connectivity index is 0.00000121. The van der Waals surface area contributed by atoms with Gasteiger partial charge in [0.1, 0.15) is 0 Å². The molecule has 0 fully saturated rings. The van der Waals surface area contributed by atoms with Crippen molar-refractivity contribution in [2.24, 2.45) is 0 Å². The predicted octanol–water partition coefficient (Wildman–Crippen LogP) is -1.17. The van der Waals surface area contributed by atoms with Gasteiger partial charge in [0.25, 0.3) is 0 Å². The molecule has 0 aromatic heterocycles. The van der Waals surface area contributed by atoms with E-state index in [1.54, 1.807) is 12.1 Å². The van der Waals surface area contributed by atoms with Crippen LogP contribution in [0.5, 0.6) is 0 Å². The fourth-order valence-corrected chi connectivity index (χ4v) is 1.66. The van der Waals surface area contributed by atoms with Crippen LogP contribution in [0.2, 0.25) is 0 Å². The molecule has 1 aromatic carbocycles. The van der Waals surface area contributed by atoms with Crippen LogP contribution in [0.15, 0.2) is 28.7 Å². The summed E-state index contributed by atoms with van der Waals surface area (Å²) in [6.45, 7) is 0. The predicted molar refractivity (Wildman–Crippen MR) is 46.8 cm³/mol. The molecule has 1 aromatic rings. The average Bonchev–Trinajstić information content (AvgIpc) is 1.85. The third-order valence-electron chi connectivity index (χ3n) is 1.17. The molecule has 0 aliphatic carbocycles. The van der Waals surface area contributed by atoms with Crippen molar-refractivity contribution in [3.05, 3.63) is 34.3 Å². The Bertz CT molecular complexity index is 280. The Kier molecular flexibility index (Phi) is 6.72. The number of rotatable bonds is 2. The molecule has 0 amide bonds. The summed E-state index contributed by atoms with van der Waals surface area (Å²) in [6.07, 6.45) is 0. The minimum absolute atomic E-state index is 0. The first-order valence-corrected chi connectivity index (χ1v) is 5.02. The molecule has 1 atom stereocenters. The molecule has 60 valence electrons. The van der Waals surface area contributed by atoms with Gasteiger partial charge in [0, 0.05) is 10.2 Å². The van der Waals surface area contributed by atoms with E-state index in [0.717, 1.165) is 10.0 Å². The SMILES string of the molecule is O=S([O-])Cc1cccc(Br)c1.[Na+]. The molecule has 5 heteroatoms. The van der Waals surface area contributed by atoms with Crippen LogP contribution in [-0.4, -0.2) is 8.76 Å². The van der Waals surface area contributed by atoms with Crippen LogP contribution >= 0.6 is 15.9 Å². The van der Waals surface area contributed by atoms with Crippen molar-refractivity contribution >= 4 is 27.0 Å². The summed E-state index contributed by atoms with van der Waals surface area (Å²) in [5, 5.41) is 0. The van der Waals surface area contributed by atoms with Crippen molar-refractivity contribution in [2.45, 2.75) is 5.75 Å². The van der Waals surface area contributed by atoms with Crippen LogP contribution < -0.4 is 29.6 Å². The number of halogens is 1. The van der Waals surface area contributed by atoms with Crippen LogP contribution in [0.3, 0.4) is 0 Å². The first kappa shape index (κ1) is 12.8. The maximum atomic E-state index is 10.3. The molecule has 0 N–H and O–H groups in total. The monoisotopic (exact) mass is 256 g/mol. The Labute approximate surface area is 104 Å². The minimum Gasteiger partial charge on any atom is -0.772 e. The molecule has 1 rings (SSSR count). The first-order valence-electron chi connectivity index (χ1n) is 2.99. The van der Waals surface area contributed by atoms with Gasteiger partial charge < -0.3 is 4.55 Å². The van der Waals surface area contributed by atoms with Crippen molar-refractivity contribution in [3.8, 4) is 0 Å². The maximum absolute atomic E-state index is 10.3. The van der Waals surface area contributed by atoms with Crippen LogP contribution in [0.1, 0.15) is 5.56 Å². The van der Waals surface area contributed by atoms with Crippen LogP contribution in [0.25, 0.3) is 0 Å². The van der Waals surface area contributed by atoms with E-state index in [0.29, 0.717) is 0 Å². The summed E-state index contributed by atoms with van der Waals surface area (Å²) >= 11 is 1.26. The van der Waals surface area contributed by atoms with E-state index in [4.69, 9.17) is 0 Å². The number of hydrogen-bond acceptors (Lipinski definition) is 2. The molecule has 0 radical (unpaired) electrons. The van der Waals surface area contributed by atoms with Gasteiger partial charge in [-0.15, -0.1) is 0 Å². The van der Waals surface area contributed by atoms with Gasteiger partial charge in [0.05, 0.1) is 0 Å². The molecular formula is C7H6BrNaO2S. The number of hydrogen-bond donors (Lipinski definition) is 0. The van der Waals surface area contributed by atoms with Gasteiger partial charge in [-0.3, -0.25) is 4.21 Å². The Morgan fingerprint density at radius 2 is 2.17 bits per heavy atom. The van der Waals surface area contributed by atoms with Crippen LogP contribution in [-0.2, 0) is 16.8 Å². The second-order valence-electron chi connectivity index (χ2n) is 2.08. The van der Waals surface area contributed by atoms with E-state index in [9.17, 15) is 8.76 Å². The minimum atomic E-state index is -2.00. The van der Waals surface area contributed by atoms with E-state index in [-0.39, 0.29) is 35.3 Å². The first-order chi connectivity index (χ1) is 5.18. The van der Waals surface area contributed by atoms with Crippen molar-refractivity contribution < 1.29 is 38.3 Å². The molecule has 0 saturated heterocycles. The topological polar surface area (TPSA) is 40.1 Å². The van der Waals surface area contributed by atoms with Crippen molar-refractivity contribution in [2.75, 3.05) is 0 Å². The Hall–Kier alpha value is 0.810.